The highest BCUT2D eigenvalue weighted by Gasteiger charge is 2.28. The summed E-state index contributed by atoms with van der Waals surface area (Å²) in [6, 6.07) is 16.2. The van der Waals surface area contributed by atoms with E-state index in [2.05, 4.69) is 18.4 Å². The second-order valence-electron chi connectivity index (χ2n) is 8.52. The van der Waals surface area contributed by atoms with E-state index in [1.165, 1.54) is 5.56 Å². The third kappa shape index (κ3) is 4.29. The zero-order chi connectivity index (χ0) is 22.8. The molecule has 7 nitrogen and oxygen atoms in total. The van der Waals surface area contributed by atoms with Crippen molar-refractivity contribution in [3.63, 3.8) is 0 Å². The molecule has 4 rings (SSSR count). The number of nitrogens with zero attached hydrogens (tertiary/aromatic N) is 3. The highest BCUT2D eigenvalue weighted by Crippen LogP contribution is 2.30. The van der Waals surface area contributed by atoms with Crippen molar-refractivity contribution < 1.29 is 9.59 Å². The lowest BCUT2D eigenvalue weighted by Crippen LogP contribution is -2.50. The summed E-state index contributed by atoms with van der Waals surface area (Å²) in [6.07, 6.45) is 1.55. The van der Waals surface area contributed by atoms with Crippen LogP contribution < -0.4 is 11.2 Å². The molecule has 0 radical (unpaired) electrons. The smallest absolute Gasteiger partial charge is 0.286 e. The van der Waals surface area contributed by atoms with Crippen LogP contribution in [0.1, 0.15) is 40.0 Å². The molecule has 0 bridgehead atoms. The van der Waals surface area contributed by atoms with E-state index in [1.54, 1.807) is 5.01 Å². The minimum Gasteiger partial charge on any atom is -0.369 e. The van der Waals surface area contributed by atoms with Gasteiger partial charge in [-0.25, -0.2) is 9.69 Å². The molecule has 3 N–H and O–H groups in total. The van der Waals surface area contributed by atoms with Gasteiger partial charge in [0.2, 0.25) is 5.91 Å². The summed E-state index contributed by atoms with van der Waals surface area (Å²) >= 11 is 0. The molecule has 7 heteroatoms. The number of aromatic nitrogens is 2. The fourth-order valence-corrected chi connectivity index (χ4v) is 4.37. The summed E-state index contributed by atoms with van der Waals surface area (Å²) in [6.45, 7) is 7.12. The van der Waals surface area contributed by atoms with Gasteiger partial charge in [0.1, 0.15) is 0 Å². The molecular weight excluding hydrogens is 402 g/mol. The molecular formula is C25H29N5O2. The molecule has 2 amide bonds. The molecule has 1 aliphatic heterocycles. The predicted octanol–water partition coefficient (Wildman–Crippen LogP) is 3.31. The van der Waals surface area contributed by atoms with Crippen LogP contribution >= 0.6 is 0 Å². The molecule has 1 unspecified atom stereocenters. The third-order valence-corrected chi connectivity index (χ3v) is 6.05. The fraction of sp³-hybridized carbons (Fsp3) is 0.320. The van der Waals surface area contributed by atoms with Crippen LogP contribution in [0.25, 0.3) is 16.9 Å². The van der Waals surface area contributed by atoms with Crippen molar-refractivity contribution in [1.29, 1.82) is 0 Å². The van der Waals surface area contributed by atoms with E-state index in [1.807, 2.05) is 61.0 Å². The number of hydrazine groups is 1. The number of nitrogens with one attached hydrogen (secondary N) is 1. The highest BCUT2D eigenvalue weighted by atomic mass is 16.2. The molecule has 32 heavy (non-hydrogen) atoms. The second-order valence-corrected chi connectivity index (χ2v) is 8.52. The van der Waals surface area contributed by atoms with Gasteiger partial charge in [-0.1, -0.05) is 48.0 Å². The monoisotopic (exact) mass is 431 g/mol. The van der Waals surface area contributed by atoms with Gasteiger partial charge in [0.25, 0.3) is 5.91 Å². The van der Waals surface area contributed by atoms with E-state index in [-0.39, 0.29) is 17.7 Å². The molecule has 2 heterocycles. The van der Waals surface area contributed by atoms with Gasteiger partial charge >= 0.3 is 0 Å². The van der Waals surface area contributed by atoms with Crippen LogP contribution in [-0.4, -0.2) is 39.7 Å². The van der Waals surface area contributed by atoms with Crippen LogP contribution in [0.2, 0.25) is 0 Å². The maximum Gasteiger partial charge on any atom is 0.286 e. The molecule has 1 atom stereocenters. The predicted molar refractivity (Wildman–Crippen MR) is 124 cm³/mol. The van der Waals surface area contributed by atoms with E-state index in [9.17, 15) is 9.59 Å². The van der Waals surface area contributed by atoms with E-state index in [4.69, 9.17) is 10.8 Å². The number of hydrogen-bond donors (Lipinski definition) is 2. The van der Waals surface area contributed by atoms with Crippen molar-refractivity contribution in [1.82, 2.24) is 20.2 Å². The van der Waals surface area contributed by atoms with E-state index >= 15 is 0 Å². The van der Waals surface area contributed by atoms with Gasteiger partial charge in [0, 0.05) is 24.2 Å². The largest absolute Gasteiger partial charge is 0.369 e. The number of carbonyl (C=O) groups excluding carboxylic acids is 2. The Hall–Kier alpha value is -3.45. The van der Waals surface area contributed by atoms with Gasteiger partial charge < -0.3 is 5.73 Å². The number of primary amides is 1. The molecule has 0 saturated carbocycles. The molecule has 2 aromatic carbocycles. The number of nitrogens with two attached hydrogens (primary N) is 1. The van der Waals surface area contributed by atoms with Crippen molar-refractivity contribution in [3.05, 3.63) is 70.9 Å². The number of amides is 2. The molecule has 1 aliphatic rings. The highest BCUT2D eigenvalue weighted by molar-refractivity contribution is 5.95. The third-order valence-electron chi connectivity index (χ3n) is 6.05. The maximum absolute atomic E-state index is 13.2. The van der Waals surface area contributed by atoms with Crippen LogP contribution in [0.3, 0.4) is 0 Å². The molecule has 0 spiro atoms. The number of benzene rings is 2. The summed E-state index contributed by atoms with van der Waals surface area (Å²) in [5.74, 6) is -0.864. The Labute approximate surface area is 188 Å². The molecule has 1 saturated heterocycles. The maximum atomic E-state index is 13.2. The average molecular weight is 432 g/mol. The average Bonchev–Trinajstić information content (AvgIpc) is 3.11. The lowest BCUT2D eigenvalue weighted by molar-refractivity contribution is -0.123. The minimum absolute atomic E-state index is 0.252. The lowest BCUT2D eigenvalue weighted by atomic mass is 9.99. The second kappa shape index (κ2) is 8.96. The number of piperidine rings is 1. The molecule has 1 fully saturated rings. The number of rotatable bonds is 5. The van der Waals surface area contributed by atoms with Crippen molar-refractivity contribution in [2.24, 2.45) is 11.7 Å². The summed E-state index contributed by atoms with van der Waals surface area (Å²) in [4.78, 5) is 24.8. The van der Waals surface area contributed by atoms with Gasteiger partial charge in [0.05, 0.1) is 17.3 Å². The van der Waals surface area contributed by atoms with Crippen molar-refractivity contribution in [3.8, 4) is 16.9 Å². The first-order chi connectivity index (χ1) is 15.3. The van der Waals surface area contributed by atoms with Crippen molar-refractivity contribution in [2.75, 3.05) is 13.1 Å². The zero-order valence-electron chi connectivity index (χ0n) is 18.8. The van der Waals surface area contributed by atoms with E-state index in [0.717, 1.165) is 40.9 Å². The molecule has 3 aromatic rings. The molecule has 0 aliphatic carbocycles. The van der Waals surface area contributed by atoms with Gasteiger partial charge in [-0.2, -0.15) is 5.10 Å². The standard InChI is InChI=1S/C25H29N5O2/c1-16-11-12-21(17(2)14-16)30-23(19-8-5-4-6-9-19)18(3)22(27-30)25(32)28-29-13-7-10-20(15-29)24(26)31/h4-6,8-9,11-12,14,20H,7,10,13,15H2,1-3H3,(H2,26,31)(H,28,32). The van der Waals surface area contributed by atoms with Crippen LogP contribution in [-0.2, 0) is 4.79 Å². The normalized spacial score (nSPS) is 16.7. The van der Waals surface area contributed by atoms with Gasteiger partial charge in [-0.15, -0.1) is 0 Å². The number of carbonyl (C=O) groups is 2. The summed E-state index contributed by atoms with van der Waals surface area (Å²) in [5, 5.41) is 6.53. The number of hydrogen-bond acceptors (Lipinski definition) is 4. The summed E-state index contributed by atoms with van der Waals surface area (Å²) in [7, 11) is 0. The topological polar surface area (TPSA) is 93.2 Å². The van der Waals surface area contributed by atoms with Crippen LogP contribution in [0.15, 0.2) is 48.5 Å². The lowest BCUT2D eigenvalue weighted by Gasteiger charge is -2.30. The van der Waals surface area contributed by atoms with Crippen LogP contribution in [0.4, 0.5) is 0 Å². The Morgan fingerprint density at radius 3 is 2.53 bits per heavy atom. The van der Waals surface area contributed by atoms with E-state index < -0.39 is 0 Å². The first kappa shape index (κ1) is 21.8. The molecule has 166 valence electrons. The van der Waals surface area contributed by atoms with Gasteiger partial charge in [-0.3, -0.25) is 15.0 Å². The number of aryl methyl sites for hydroxylation is 2. The Morgan fingerprint density at radius 1 is 1.09 bits per heavy atom. The fourth-order valence-electron chi connectivity index (χ4n) is 4.37. The molecule has 1 aromatic heterocycles. The summed E-state index contributed by atoms with van der Waals surface area (Å²) in [5.41, 5.74) is 14.6. The first-order valence-electron chi connectivity index (χ1n) is 10.9. The minimum atomic E-state index is -0.328. The van der Waals surface area contributed by atoms with Gasteiger partial charge in [-0.05, 0) is 45.2 Å². The quantitative estimate of drug-likeness (QED) is 0.648. The Bertz CT molecular complexity index is 1150. The first-order valence-corrected chi connectivity index (χ1v) is 10.9. The van der Waals surface area contributed by atoms with E-state index in [0.29, 0.717) is 18.8 Å². The van der Waals surface area contributed by atoms with Crippen molar-refractivity contribution >= 4 is 11.8 Å². The Morgan fingerprint density at radius 2 is 1.84 bits per heavy atom. The van der Waals surface area contributed by atoms with Crippen LogP contribution in [0, 0.1) is 26.7 Å². The Balaban J connectivity index is 1.72. The van der Waals surface area contributed by atoms with Crippen LogP contribution in [0.5, 0.6) is 0 Å². The zero-order valence-corrected chi connectivity index (χ0v) is 18.8. The summed E-state index contributed by atoms with van der Waals surface area (Å²) < 4.78 is 1.86. The van der Waals surface area contributed by atoms with Crippen molar-refractivity contribution in [2.45, 2.75) is 33.6 Å². The Kier molecular flexibility index (Phi) is 6.10. The van der Waals surface area contributed by atoms with Gasteiger partial charge in [0.15, 0.2) is 5.69 Å². The SMILES string of the molecule is Cc1ccc(-n2nc(C(=O)NN3CCCC(C(N)=O)C3)c(C)c2-c2ccccc2)c(C)c1.